The van der Waals surface area contributed by atoms with Crippen LogP contribution in [0.4, 0.5) is 0 Å². The van der Waals surface area contributed by atoms with Crippen LogP contribution in [0.15, 0.2) is 0 Å². The predicted molar refractivity (Wildman–Crippen MR) is 56.5 cm³/mol. The summed E-state index contributed by atoms with van der Waals surface area (Å²) in [7, 11) is 0. The van der Waals surface area contributed by atoms with E-state index in [1.54, 1.807) is 0 Å². The van der Waals surface area contributed by atoms with E-state index in [-0.39, 0.29) is 0 Å². The van der Waals surface area contributed by atoms with E-state index in [2.05, 4.69) is 6.92 Å². The zero-order chi connectivity index (χ0) is 9.31. The maximum atomic E-state index is 6.29. The van der Waals surface area contributed by atoms with Crippen LogP contribution in [0.1, 0.15) is 58.3 Å². The Morgan fingerprint density at radius 2 is 1.92 bits per heavy atom. The van der Waals surface area contributed by atoms with Crippen molar-refractivity contribution in [2.75, 3.05) is 0 Å². The minimum absolute atomic E-state index is 0.482. The molecule has 0 aromatic rings. The molecule has 13 heavy (non-hydrogen) atoms. The van der Waals surface area contributed by atoms with Crippen LogP contribution in [0.5, 0.6) is 0 Å². The first-order valence-corrected chi connectivity index (χ1v) is 5.96. The van der Waals surface area contributed by atoms with Crippen LogP contribution in [0.25, 0.3) is 0 Å². The lowest BCUT2D eigenvalue weighted by Crippen LogP contribution is -2.37. The van der Waals surface area contributed by atoms with Crippen molar-refractivity contribution in [3.63, 3.8) is 0 Å². The van der Waals surface area contributed by atoms with E-state index < -0.39 is 0 Å². The fraction of sp³-hybridized carbons (Fsp3) is 1.00. The van der Waals surface area contributed by atoms with Crippen molar-refractivity contribution in [2.24, 2.45) is 17.1 Å². The quantitative estimate of drug-likeness (QED) is 0.708. The second-order valence-electron chi connectivity index (χ2n) is 5.49. The monoisotopic (exact) mass is 181 g/mol. The molecule has 0 radical (unpaired) electrons. The van der Waals surface area contributed by atoms with Gasteiger partial charge in [-0.15, -0.1) is 0 Å². The van der Waals surface area contributed by atoms with Gasteiger partial charge >= 0.3 is 0 Å². The summed E-state index contributed by atoms with van der Waals surface area (Å²) in [5.74, 6) is 1.05. The number of hydrogen-bond acceptors (Lipinski definition) is 1. The minimum atomic E-state index is 0.482. The molecular formula is C12H23N. The van der Waals surface area contributed by atoms with Crippen molar-refractivity contribution in [3.8, 4) is 0 Å². The maximum Gasteiger partial charge on any atom is 0.00930 e. The lowest BCUT2D eigenvalue weighted by atomic mass is 9.79. The zero-order valence-electron chi connectivity index (χ0n) is 8.89. The lowest BCUT2D eigenvalue weighted by Gasteiger charge is -2.31. The first kappa shape index (κ1) is 9.51. The average Bonchev–Trinajstić information content (AvgIpc) is 2.84. The zero-order valence-corrected chi connectivity index (χ0v) is 8.89. The van der Waals surface area contributed by atoms with E-state index in [9.17, 15) is 0 Å². The fourth-order valence-electron chi connectivity index (χ4n) is 2.72. The van der Waals surface area contributed by atoms with Crippen LogP contribution in [0.2, 0.25) is 0 Å². The molecule has 2 fully saturated rings. The van der Waals surface area contributed by atoms with Crippen molar-refractivity contribution in [2.45, 2.75) is 64.3 Å². The molecule has 1 nitrogen and oxygen atoms in total. The second-order valence-corrected chi connectivity index (χ2v) is 5.49. The van der Waals surface area contributed by atoms with Crippen LogP contribution in [0, 0.1) is 11.3 Å². The molecule has 0 heterocycles. The molecule has 0 aliphatic heterocycles. The molecule has 1 atom stereocenters. The van der Waals surface area contributed by atoms with Crippen LogP contribution in [-0.4, -0.2) is 6.04 Å². The van der Waals surface area contributed by atoms with E-state index in [1.165, 1.54) is 51.4 Å². The summed E-state index contributed by atoms with van der Waals surface area (Å²) in [6.07, 6.45) is 11.2. The minimum Gasteiger partial charge on any atom is -0.327 e. The van der Waals surface area contributed by atoms with E-state index >= 15 is 0 Å². The van der Waals surface area contributed by atoms with Crippen molar-refractivity contribution in [1.82, 2.24) is 0 Å². The Bertz CT molecular complexity index is 166. The molecule has 1 unspecified atom stereocenters. The van der Waals surface area contributed by atoms with E-state index in [1.807, 2.05) is 0 Å². The molecule has 2 aliphatic carbocycles. The first-order chi connectivity index (χ1) is 6.21. The molecule has 0 spiro atoms. The molecule has 76 valence electrons. The summed E-state index contributed by atoms with van der Waals surface area (Å²) in [6.45, 7) is 2.40. The smallest absolute Gasteiger partial charge is 0.00930 e. The van der Waals surface area contributed by atoms with Gasteiger partial charge in [-0.3, -0.25) is 0 Å². The van der Waals surface area contributed by atoms with Gasteiger partial charge < -0.3 is 5.73 Å². The maximum absolute atomic E-state index is 6.29. The molecule has 2 aliphatic rings. The van der Waals surface area contributed by atoms with Crippen LogP contribution in [-0.2, 0) is 0 Å². The van der Waals surface area contributed by atoms with Gasteiger partial charge in [-0.1, -0.05) is 32.6 Å². The summed E-state index contributed by atoms with van der Waals surface area (Å²) < 4.78 is 0. The number of rotatable bonds is 4. The molecule has 2 rings (SSSR count). The fourth-order valence-corrected chi connectivity index (χ4v) is 2.72. The Balaban J connectivity index is 1.76. The van der Waals surface area contributed by atoms with Gasteiger partial charge in [0.1, 0.15) is 0 Å². The highest BCUT2D eigenvalue weighted by Crippen LogP contribution is 2.42. The van der Waals surface area contributed by atoms with Gasteiger partial charge in [0.2, 0.25) is 0 Å². The van der Waals surface area contributed by atoms with Gasteiger partial charge in [0.25, 0.3) is 0 Å². The first-order valence-electron chi connectivity index (χ1n) is 5.96. The standard InChI is InChI=1S/C12H23N/c1-12(8-2-3-9-12)11(13)7-6-10-4-5-10/h10-11H,2-9,13H2,1H3. The van der Waals surface area contributed by atoms with Gasteiger partial charge in [0.05, 0.1) is 0 Å². The molecule has 2 N–H and O–H groups in total. The third-order valence-corrected chi connectivity index (χ3v) is 4.22. The number of nitrogens with two attached hydrogens (primary N) is 1. The topological polar surface area (TPSA) is 26.0 Å². The largest absolute Gasteiger partial charge is 0.327 e. The Labute approximate surface area is 82.1 Å². The van der Waals surface area contributed by atoms with Crippen molar-refractivity contribution in [1.29, 1.82) is 0 Å². The Kier molecular flexibility index (Phi) is 2.64. The van der Waals surface area contributed by atoms with Crippen LogP contribution < -0.4 is 5.73 Å². The van der Waals surface area contributed by atoms with Gasteiger partial charge in [0, 0.05) is 6.04 Å². The molecule has 0 bridgehead atoms. The molecule has 1 heteroatoms. The summed E-state index contributed by atoms with van der Waals surface area (Å²) in [5, 5.41) is 0. The Hall–Kier alpha value is -0.0400. The van der Waals surface area contributed by atoms with E-state index in [0.717, 1.165) is 5.92 Å². The molecule has 0 saturated heterocycles. The van der Waals surface area contributed by atoms with Crippen LogP contribution >= 0.6 is 0 Å². The number of hydrogen-bond donors (Lipinski definition) is 1. The second kappa shape index (κ2) is 3.61. The molecule has 0 aromatic carbocycles. The van der Waals surface area contributed by atoms with E-state index in [0.29, 0.717) is 11.5 Å². The highest BCUT2D eigenvalue weighted by molar-refractivity contribution is 4.90. The lowest BCUT2D eigenvalue weighted by molar-refractivity contribution is 0.245. The molecule has 2 saturated carbocycles. The molecule has 0 amide bonds. The normalized spacial score (nSPS) is 29.1. The summed E-state index contributed by atoms with van der Waals surface area (Å²) in [5.41, 5.74) is 6.78. The van der Waals surface area contributed by atoms with Crippen molar-refractivity contribution < 1.29 is 0 Å². The Morgan fingerprint density at radius 1 is 1.31 bits per heavy atom. The summed E-state index contributed by atoms with van der Waals surface area (Å²) in [4.78, 5) is 0. The third-order valence-electron chi connectivity index (χ3n) is 4.22. The SMILES string of the molecule is CC1(C(N)CCC2CC2)CCCC1. The third kappa shape index (κ3) is 2.25. The van der Waals surface area contributed by atoms with Crippen molar-refractivity contribution >= 4 is 0 Å². The van der Waals surface area contributed by atoms with Crippen molar-refractivity contribution in [3.05, 3.63) is 0 Å². The van der Waals surface area contributed by atoms with E-state index in [4.69, 9.17) is 5.73 Å². The van der Waals surface area contributed by atoms with Crippen LogP contribution in [0.3, 0.4) is 0 Å². The highest BCUT2D eigenvalue weighted by Gasteiger charge is 2.35. The molecular weight excluding hydrogens is 158 g/mol. The van der Waals surface area contributed by atoms with Gasteiger partial charge in [-0.25, -0.2) is 0 Å². The van der Waals surface area contributed by atoms with Gasteiger partial charge in [-0.2, -0.15) is 0 Å². The van der Waals surface area contributed by atoms with Gasteiger partial charge in [-0.05, 0) is 37.0 Å². The highest BCUT2D eigenvalue weighted by atomic mass is 14.7. The van der Waals surface area contributed by atoms with Gasteiger partial charge in [0.15, 0.2) is 0 Å². The Morgan fingerprint density at radius 3 is 2.46 bits per heavy atom. The average molecular weight is 181 g/mol. The molecule has 0 aromatic heterocycles. The summed E-state index contributed by atoms with van der Waals surface area (Å²) >= 11 is 0. The summed E-state index contributed by atoms with van der Waals surface area (Å²) in [6, 6.07) is 0.482. The predicted octanol–water partition coefficient (Wildman–Crippen LogP) is 3.08.